The molecule has 8 nitrogen and oxygen atoms in total. The van der Waals surface area contributed by atoms with Crippen molar-refractivity contribution in [3.05, 3.63) is 48.9 Å². The summed E-state index contributed by atoms with van der Waals surface area (Å²) in [6, 6.07) is 3.98. The van der Waals surface area contributed by atoms with Crippen LogP contribution < -0.4 is 9.47 Å². The van der Waals surface area contributed by atoms with Crippen molar-refractivity contribution in [3.8, 4) is 11.5 Å². The van der Waals surface area contributed by atoms with Gasteiger partial charge in [-0.25, -0.2) is 0 Å². The Morgan fingerprint density at radius 2 is 2.00 bits per heavy atom. The predicted molar refractivity (Wildman–Crippen MR) is 106 cm³/mol. The molecule has 1 spiro atoms. The maximum atomic E-state index is 11.9. The van der Waals surface area contributed by atoms with Crippen LogP contribution in [0.25, 0.3) is 0 Å². The molecule has 4 aliphatic rings. The zero-order valence-corrected chi connectivity index (χ0v) is 20.4. The summed E-state index contributed by atoms with van der Waals surface area (Å²) in [4.78, 5) is 22.7. The van der Waals surface area contributed by atoms with E-state index in [1.54, 1.807) is 13.2 Å². The first-order chi connectivity index (χ1) is 14.2. The molecule has 1 radical (unpaired) electrons. The van der Waals surface area contributed by atoms with Gasteiger partial charge in [0, 0.05) is 50.7 Å². The van der Waals surface area contributed by atoms with Crippen molar-refractivity contribution in [2.45, 2.75) is 42.4 Å². The molecule has 1 aromatic rings. The number of aliphatic carboxylic acids is 1. The van der Waals surface area contributed by atoms with Crippen molar-refractivity contribution in [2.24, 2.45) is 0 Å². The average Bonchev–Trinajstić information content (AvgIpc) is 3.01. The van der Waals surface area contributed by atoms with Crippen LogP contribution in [0.4, 0.5) is 0 Å². The number of piperidine rings is 1. The Morgan fingerprint density at radius 3 is 2.61 bits per heavy atom. The summed E-state index contributed by atoms with van der Waals surface area (Å²) >= 11 is 0. The van der Waals surface area contributed by atoms with Crippen molar-refractivity contribution < 1.29 is 66.7 Å². The number of methoxy groups -OCH3 is 1. The van der Waals surface area contributed by atoms with Gasteiger partial charge in [-0.05, 0) is 44.1 Å². The van der Waals surface area contributed by atoms with E-state index >= 15 is 0 Å². The van der Waals surface area contributed by atoms with Crippen LogP contribution in [0.5, 0.6) is 11.5 Å². The van der Waals surface area contributed by atoms with Gasteiger partial charge in [-0.15, -0.1) is 0 Å². The van der Waals surface area contributed by atoms with Crippen LogP contribution in [0.15, 0.2) is 24.0 Å². The smallest absolute Gasteiger partial charge is 0.172 e. The van der Waals surface area contributed by atoms with Crippen molar-refractivity contribution in [2.75, 3.05) is 20.7 Å². The molecular formula is C22H25NO7Y-2. The van der Waals surface area contributed by atoms with E-state index in [1.165, 1.54) is 5.56 Å². The molecule has 1 aromatic carbocycles. The van der Waals surface area contributed by atoms with E-state index in [4.69, 9.17) is 24.1 Å². The van der Waals surface area contributed by atoms with Crippen LogP contribution in [0.2, 0.25) is 0 Å². The van der Waals surface area contributed by atoms with E-state index in [-0.39, 0.29) is 38.8 Å². The zero-order valence-electron chi connectivity index (χ0n) is 17.6. The Labute approximate surface area is 206 Å². The molecule has 0 amide bonds. The van der Waals surface area contributed by atoms with Gasteiger partial charge in [0.05, 0.1) is 18.1 Å². The Kier molecular flexibility index (Phi) is 6.42. The molecule has 1 fully saturated rings. The monoisotopic (exact) mass is 504 g/mol. The number of ether oxygens (including phenoxy) is 3. The summed E-state index contributed by atoms with van der Waals surface area (Å²) < 4.78 is 17.3. The fourth-order valence-electron chi connectivity index (χ4n) is 5.72. The van der Waals surface area contributed by atoms with Gasteiger partial charge < -0.3 is 29.3 Å². The molecule has 1 saturated heterocycles. The number of rotatable bonds is 2. The molecule has 4 atom stereocenters. The normalized spacial score (nSPS) is 31.5. The van der Waals surface area contributed by atoms with Gasteiger partial charge in [-0.3, -0.25) is 23.4 Å². The third kappa shape index (κ3) is 3.35. The quantitative estimate of drug-likeness (QED) is 0.458. The van der Waals surface area contributed by atoms with Crippen molar-refractivity contribution in [1.29, 1.82) is 0 Å². The zero-order chi connectivity index (χ0) is 21.8. The topological polar surface area (TPSA) is 106 Å². The number of likely N-dealkylation sites (tertiary alicyclic amines) is 1. The minimum Gasteiger partial charge on any atom is -0.503 e. The first kappa shape index (κ1) is 23.9. The summed E-state index contributed by atoms with van der Waals surface area (Å²) in [5.74, 6) is 0.0612. The maximum absolute atomic E-state index is 11.9. The molecule has 5 rings (SSSR count). The Bertz CT molecular complexity index is 944. The van der Waals surface area contributed by atoms with E-state index in [2.05, 4.69) is 31.9 Å². The van der Waals surface area contributed by atoms with E-state index in [9.17, 15) is 9.90 Å². The fourth-order valence-corrected chi connectivity index (χ4v) is 5.72. The second-order valence-electron chi connectivity index (χ2n) is 8.15. The fraction of sp³-hybridized carbons (Fsp3) is 0.455. The second kappa shape index (κ2) is 8.32. The van der Waals surface area contributed by atoms with Crippen LogP contribution in [0.1, 0.15) is 24.0 Å². The van der Waals surface area contributed by atoms with Crippen LogP contribution >= 0.6 is 0 Å². The van der Waals surface area contributed by atoms with Gasteiger partial charge in [-0.2, -0.15) is 0 Å². The number of carboxylic acids is 1. The SMILES string of the molecule is [CH2-]C(=O)O.[CH2-]C(=O)OC1=CC[C@@]2(O)[C@H]3Cc4ccc(OC)c5c4[C@@]2(CCN3C)[C@H]1O5.[Y]. The number of aliphatic hydroxyl groups is 1. The Morgan fingerprint density at radius 1 is 1.32 bits per heavy atom. The van der Waals surface area contributed by atoms with Gasteiger partial charge in [0.1, 0.15) is 5.76 Å². The molecule has 2 aliphatic carbocycles. The Balaban J connectivity index is 0.000000504. The van der Waals surface area contributed by atoms with E-state index in [0.29, 0.717) is 23.7 Å². The number of hydrogen-bond acceptors (Lipinski definition) is 7. The number of esters is 1. The molecule has 0 unspecified atom stereocenters. The van der Waals surface area contributed by atoms with E-state index in [1.807, 2.05) is 6.07 Å². The molecular weight excluding hydrogens is 479 g/mol. The van der Waals surface area contributed by atoms with Gasteiger partial charge in [0.2, 0.25) is 0 Å². The van der Waals surface area contributed by atoms with Crippen molar-refractivity contribution in [1.82, 2.24) is 4.90 Å². The van der Waals surface area contributed by atoms with E-state index < -0.39 is 29.1 Å². The van der Waals surface area contributed by atoms with Crippen LogP contribution in [0, 0.1) is 13.8 Å². The first-order valence-corrected chi connectivity index (χ1v) is 9.74. The molecule has 2 heterocycles. The molecule has 31 heavy (non-hydrogen) atoms. The summed E-state index contributed by atoms with van der Waals surface area (Å²) in [5.41, 5.74) is 0.583. The summed E-state index contributed by atoms with van der Waals surface area (Å²) in [6.45, 7) is 6.73. The van der Waals surface area contributed by atoms with Gasteiger partial charge in [-0.1, -0.05) is 6.07 Å². The standard InChI is InChI=1S/C20H22NO5.C2H3O2.Y/c1-11(22)25-14-6-7-20(23)15-10-12-4-5-13(24-3)17-16(12)19(20,18(14)26-17)8-9-21(15)2;1-2(3)4;/h4-6,15,18,23H,1,7-10H2,2-3H3;1H2,(H,3,4);/q2*-1;/t15-,18+,19+,20-;;/m1../s1. The summed E-state index contributed by atoms with van der Waals surface area (Å²) in [7, 11) is 3.67. The van der Waals surface area contributed by atoms with Crippen LogP contribution in [-0.2, 0) is 58.9 Å². The molecule has 2 aliphatic heterocycles. The minimum absolute atomic E-state index is 0. The molecule has 0 saturated carbocycles. The number of carbonyl (C=O) groups excluding carboxylic acids is 1. The van der Waals surface area contributed by atoms with Gasteiger partial charge in [0.25, 0.3) is 0 Å². The maximum Gasteiger partial charge on any atom is 0.172 e. The number of carboxylic acid groups (broad SMARTS) is 1. The molecule has 2 N–H and O–H groups in total. The molecule has 9 heteroatoms. The number of likely N-dealkylation sites (N-methyl/N-ethyl adjacent to an activating group) is 1. The van der Waals surface area contributed by atoms with Crippen molar-refractivity contribution in [3.63, 3.8) is 0 Å². The largest absolute Gasteiger partial charge is 0.503 e. The number of hydrogen-bond donors (Lipinski definition) is 2. The van der Waals surface area contributed by atoms with Gasteiger partial charge >= 0.3 is 0 Å². The minimum atomic E-state index is -1.08. The third-order valence-electron chi connectivity index (χ3n) is 6.79. The van der Waals surface area contributed by atoms with Crippen LogP contribution in [-0.4, -0.2) is 65.5 Å². The predicted octanol–water partition coefficient (Wildman–Crippen LogP) is 1.25. The molecule has 0 aromatic heterocycles. The van der Waals surface area contributed by atoms with Gasteiger partial charge in [0.15, 0.2) is 29.5 Å². The second-order valence-corrected chi connectivity index (χ2v) is 8.15. The summed E-state index contributed by atoms with van der Waals surface area (Å²) in [6.07, 6.45) is 3.14. The first-order valence-electron chi connectivity index (χ1n) is 9.74. The molecule has 165 valence electrons. The molecule has 2 bridgehead atoms. The average molecular weight is 504 g/mol. The third-order valence-corrected chi connectivity index (χ3v) is 6.79. The van der Waals surface area contributed by atoms with Crippen LogP contribution in [0.3, 0.4) is 0 Å². The number of carbonyl (C=O) groups is 2. The number of benzene rings is 1. The Hall–Kier alpha value is -1.74. The number of nitrogens with zero attached hydrogens (tertiary/aromatic N) is 1. The van der Waals surface area contributed by atoms with E-state index in [0.717, 1.165) is 24.9 Å². The summed E-state index contributed by atoms with van der Waals surface area (Å²) in [5, 5.41) is 19.2. The van der Waals surface area contributed by atoms with Crippen molar-refractivity contribution >= 4 is 11.9 Å².